The molecule has 1 aromatic carbocycles. The van der Waals surface area contributed by atoms with Crippen molar-refractivity contribution in [2.45, 2.75) is 20.3 Å². The SMILES string of the molecule is CCc1nc(NN)cc(Nc2cccc(F)c2C)n1. The average molecular weight is 261 g/mol. The highest BCUT2D eigenvalue weighted by Crippen LogP contribution is 2.22. The lowest BCUT2D eigenvalue weighted by molar-refractivity contribution is 0.619. The molecule has 0 radical (unpaired) electrons. The Morgan fingerprint density at radius 1 is 1.26 bits per heavy atom. The zero-order valence-corrected chi connectivity index (χ0v) is 10.9. The molecule has 2 rings (SSSR count). The van der Waals surface area contributed by atoms with Crippen LogP contribution in [0.4, 0.5) is 21.7 Å². The highest BCUT2D eigenvalue weighted by Gasteiger charge is 2.07. The number of aromatic nitrogens is 2. The van der Waals surface area contributed by atoms with Gasteiger partial charge in [-0.1, -0.05) is 13.0 Å². The summed E-state index contributed by atoms with van der Waals surface area (Å²) in [5, 5.41) is 3.08. The maximum absolute atomic E-state index is 13.5. The van der Waals surface area contributed by atoms with Crippen molar-refractivity contribution < 1.29 is 4.39 Å². The van der Waals surface area contributed by atoms with Crippen LogP contribution in [0.2, 0.25) is 0 Å². The number of benzene rings is 1. The van der Waals surface area contributed by atoms with Crippen LogP contribution in [0, 0.1) is 12.7 Å². The molecule has 0 atom stereocenters. The van der Waals surface area contributed by atoms with E-state index >= 15 is 0 Å². The van der Waals surface area contributed by atoms with Crippen LogP contribution in [0.25, 0.3) is 0 Å². The minimum Gasteiger partial charge on any atom is -0.340 e. The Morgan fingerprint density at radius 3 is 2.68 bits per heavy atom. The Hall–Kier alpha value is -2.21. The standard InChI is InChI=1S/C13H16FN5/c1-3-11-17-12(7-13(18-11)19-15)16-10-6-4-5-9(14)8(10)2/h4-7H,3,15H2,1-2H3,(H2,16,17,18,19). The van der Waals surface area contributed by atoms with Crippen molar-refractivity contribution in [3.63, 3.8) is 0 Å². The average Bonchev–Trinajstić information content (AvgIpc) is 2.43. The maximum atomic E-state index is 13.5. The van der Waals surface area contributed by atoms with Gasteiger partial charge >= 0.3 is 0 Å². The highest BCUT2D eigenvalue weighted by atomic mass is 19.1. The summed E-state index contributed by atoms with van der Waals surface area (Å²) in [6.45, 7) is 3.66. The van der Waals surface area contributed by atoms with E-state index in [1.54, 1.807) is 25.1 Å². The fraction of sp³-hybridized carbons (Fsp3) is 0.231. The summed E-state index contributed by atoms with van der Waals surface area (Å²) < 4.78 is 13.5. The monoisotopic (exact) mass is 261 g/mol. The van der Waals surface area contributed by atoms with E-state index in [-0.39, 0.29) is 5.82 Å². The van der Waals surface area contributed by atoms with E-state index in [4.69, 9.17) is 5.84 Å². The molecule has 2 aromatic rings. The van der Waals surface area contributed by atoms with Gasteiger partial charge in [-0.05, 0) is 19.1 Å². The molecular formula is C13H16FN5. The van der Waals surface area contributed by atoms with E-state index in [1.165, 1.54) is 6.07 Å². The van der Waals surface area contributed by atoms with Gasteiger partial charge in [0.25, 0.3) is 0 Å². The summed E-state index contributed by atoms with van der Waals surface area (Å²) >= 11 is 0. The molecule has 1 aromatic heterocycles. The van der Waals surface area contributed by atoms with Crippen molar-refractivity contribution in [2.24, 2.45) is 5.84 Å². The maximum Gasteiger partial charge on any atom is 0.145 e. The number of rotatable bonds is 4. The first kappa shape index (κ1) is 13.2. The number of aryl methyl sites for hydroxylation is 1. The van der Waals surface area contributed by atoms with E-state index < -0.39 is 0 Å². The van der Waals surface area contributed by atoms with Crippen LogP contribution in [-0.4, -0.2) is 9.97 Å². The van der Waals surface area contributed by atoms with Gasteiger partial charge < -0.3 is 10.7 Å². The number of hydrogen-bond acceptors (Lipinski definition) is 5. The van der Waals surface area contributed by atoms with Crippen LogP contribution in [0.5, 0.6) is 0 Å². The lowest BCUT2D eigenvalue weighted by Crippen LogP contribution is -2.11. The molecule has 0 aliphatic carbocycles. The van der Waals surface area contributed by atoms with Gasteiger partial charge in [0, 0.05) is 23.7 Å². The van der Waals surface area contributed by atoms with Crippen molar-refractivity contribution in [3.05, 3.63) is 41.5 Å². The zero-order valence-electron chi connectivity index (χ0n) is 10.9. The number of halogens is 1. The molecule has 100 valence electrons. The van der Waals surface area contributed by atoms with Crippen LogP contribution in [0.3, 0.4) is 0 Å². The predicted molar refractivity (Wildman–Crippen MR) is 73.6 cm³/mol. The summed E-state index contributed by atoms with van der Waals surface area (Å²) in [5.74, 6) is 6.86. The van der Waals surface area contributed by atoms with E-state index in [9.17, 15) is 4.39 Å². The molecule has 19 heavy (non-hydrogen) atoms. The summed E-state index contributed by atoms with van der Waals surface area (Å²) in [6.07, 6.45) is 0.687. The van der Waals surface area contributed by atoms with Crippen molar-refractivity contribution >= 4 is 17.3 Å². The van der Waals surface area contributed by atoms with Crippen LogP contribution in [0.15, 0.2) is 24.3 Å². The lowest BCUT2D eigenvalue weighted by Gasteiger charge is -2.11. The third-order valence-corrected chi connectivity index (χ3v) is 2.77. The van der Waals surface area contributed by atoms with Crippen LogP contribution in [0.1, 0.15) is 18.3 Å². The number of anilines is 3. The molecule has 0 unspecified atom stereocenters. The fourth-order valence-corrected chi connectivity index (χ4v) is 1.67. The lowest BCUT2D eigenvalue weighted by atomic mass is 10.2. The number of nitrogen functional groups attached to an aromatic ring is 1. The van der Waals surface area contributed by atoms with Crippen molar-refractivity contribution in [1.29, 1.82) is 0 Å². The molecule has 0 amide bonds. The molecule has 6 heteroatoms. The number of hydrazine groups is 1. The number of hydrogen-bond donors (Lipinski definition) is 3. The molecule has 0 saturated heterocycles. The second-order valence-corrected chi connectivity index (χ2v) is 4.09. The smallest absolute Gasteiger partial charge is 0.145 e. The van der Waals surface area contributed by atoms with Gasteiger partial charge in [-0.25, -0.2) is 20.2 Å². The highest BCUT2D eigenvalue weighted by molar-refractivity contribution is 5.62. The Balaban J connectivity index is 2.34. The quantitative estimate of drug-likeness (QED) is 0.582. The number of nitrogens with zero attached hydrogens (tertiary/aromatic N) is 2. The Kier molecular flexibility index (Phi) is 3.91. The molecule has 4 N–H and O–H groups in total. The van der Waals surface area contributed by atoms with E-state index in [0.29, 0.717) is 35.1 Å². The summed E-state index contributed by atoms with van der Waals surface area (Å²) in [4.78, 5) is 8.52. The van der Waals surface area contributed by atoms with Gasteiger partial charge in [0.2, 0.25) is 0 Å². The van der Waals surface area contributed by atoms with Crippen molar-refractivity contribution in [3.8, 4) is 0 Å². The van der Waals surface area contributed by atoms with Crippen LogP contribution < -0.4 is 16.6 Å². The van der Waals surface area contributed by atoms with Gasteiger partial charge in [-0.3, -0.25) is 0 Å². The second-order valence-electron chi connectivity index (χ2n) is 4.09. The Bertz CT molecular complexity index is 563. The first-order valence-corrected chi connectivity index (χ1v) is 6.00. The summed E-state index contributed by atoms with van der Waals surface area (Å²) in [6, 6.07) is 6.53. The van der Waals surface area contributed by atoms with Gasteiger partial charge in [0.15, 0.2) is 0 Å². The summed E-state index contributed by atoms with van der Waals surface area (Å²) in [5.41, 5.74) is 3.70. The molecular weight excluding hydrogens is 245 g/mol. The normalized spacial score (nSPS) is 10.3. The Morgan fingerprint density at radius 2 is 2.00 bits per heavy atom. The summed E-state index contributed by atoms with van der Waals surface area (Å²) in [7, 11) is 0. The third kappa shape index (κ3) is 2.97. The van der Waals surface area contributed by atoms with E-state index in [2.05, 4.69) is 20.7 Å². The zero-order chi connectivity index (χ0) is 13.8. The Labute approximate surface area is 111 Å². The molecule has 0 aliphatic rings. The topological polar surface area (TPSA) is 75.9 Å². The molecule has 5 nitrogen and oxygen atoms in total. The van der Waals surface area contributed by atoms with Gasteiger partial charge in [-0.15, -0.1) is 0 Å². The fourth-order valence-electron chi connectivity index (χ4n) is 1.67. The van der Waals surface area contributed by atoms with Crippen molar-refractivity contribution in [1.82, 2.24) is 9.97 Å². The second kappa shape index (κ2) is 5.62. The molecule has 0 fully saturated rings. The molecule has 0 saturated carbocycles. The third-order valence-electron chi connectivity index (χ3n) is 2.77. The van der Waals surface area contributed by atoms with E-state index in [1.807, 2.05) is 6.92 Å². The van der Waals surface area contributed by atoms with Crippen LogP contribution in [-0.2, 0) is 6.42 Å². The van der Waals surface area contributed by atoms with Crippen LogP contribution >= 0.6 is 0 Å². The number of nitrogens with one attached hydrogen (secondary N) is 2. The minimum absolute atomic E-state index is 0.257. The van der Waals surface area contributed by atoms with Crippen molar-refractivity contribution in [2.75, 3.05) is 10.7 Å². The molecule has 0 spiro atoms. The predicted octanol–water partition coefficient (Wildman–Crippen LogP) is 2.52. The molecule has 0 bridgehead atoms. The van der Waals surface area contributed by atoms with Gasteiger partial charge in [0.1, 0.15) is 23.3 Å². The minimum atomic E-state index is -0.257. The first-order chi connectivity index (χ1) is 9.13. The van der Waals surface area contributed by atoms with E-state index in [0.717, 1.165) is 0 Å². The largest absolute Gasteiger partial charge is 0.340 e. The molecule has 0 aliphatic heterocycles. The molecule has 1 heterocycles. The van der Waals surface area contributed by atoms with Gasteiger partial charge in [-0.2, -0.15) is 0 Å². The number of nitrogens with two attached hydrogens (primary N) is 1. The van der Waals surface area contributed by atoms with Gasteiger partial charge in [0.05, 0.1) is 0 Å². The first-order valence-electron chi connectivity index (χ1n) is 6.00.